The van der Waals surface area contributed by atoms with Gasteiger partial charge < -0.3 is 5.11 Å². The number of rotatable bonds is 6. The average Bonchev–Trinajstić information content (AvgIpc) is 2.73. The highest BCUT2D eigenvalue weighted by Gasteiger charge is 2.46. The van der Waals surface area contributed by atoms with E-state index in [-0.39, 0.29) is 34.5 Å². The fourth-order valence-corrected chi connectivity index (χ4v) is 2.54. The van der Waals surface area contributed by atoms with E-state index in [1.54, 1.807) is 18.2 Å². The third-order valence-corrected chi connectivity index (χ3v) is 4.04. The number of allylic oxidation sites excluding steroid dienone is 2. The summed E-state index contributed by atoms with van der Waals surface area (Å²) in [6.07, 6.45) is -11.5. The van der Waals surface area contributed by atoms with E-state index in [1.165, 1.54) is 12.1 Å². The number of aliphatic hydroxyl groups excluding tert-OH is 1. The molecular formula is C19H10F6N2O4S. The van der Waals surface area contributed by atoms with Crippen LogP contribution in [0.25, 0.3) is 0 Å². The normalized spacial score (nSPS) is 12.9. The van der Waals surface area contributed by atoms with Gasteiger partial charge in [-0.05, 0) is 18.2 Å². The molecule has 1 N–H and O–H groups in total. The Balaban J connectivity index is 2.55. The zero-order valence-corrected chi connectivity index (χ0v) is 16.3. The molecule has 0 bridgehead atoms. The minimum absolute atomic E-state index is 0.00298. The van der Waals surface area contributed by atoms with Gasteiger partial charge in [-0.1, -0.05) is 30.3 Å². The number of alkyl halides is 6. The van der Waals surface area contributed by atoms with Gasteiger partial charge in [-0.3, -0.25) is 14.6 Å². The largest absolute Gasteiger partial charge is 0.504 e. The Kier molecular flexibility index (Phi) is 7.46. The summed E-state index contributed by atoms with van der Waals surface area (Å²) in [5, 5.41) is 9.09. The maximum atomic E-state index is 12.7. The lowest BCUT2D eigenvalue weighted by Gasteiger charge is -2.11. The van der Waals surface area contributed by atoms with E-state index in [0.717, 1.165) is 18.2 Å². The lowest BCUT2D eigenvalue weighted by molar-refractivity contribution is -0.167. The predicted molar refractivity (Wildman–Crippen MR) is 101 cm³/mol. The molecule has 2 aromatic rings. The zero-order chi connectivity index (χ0) is 24.1. The van der Waals surface area contributed by atoms with Crippen molar-refractivity contribution >= 4 is 40.6 Å². The maximum Gasteiger partial charge on any atom is 0.455 e. The summed E-state index contributed by atoms with van der Waals surface area (Å²) in [5.41, 5.74) is -2.67. The molecule has 0 aliphatic rings. The van der Waals surface area contributed by atoms with Crippen molar-refractivity contribution in [2.45, 2.75) is 12.4 Å². The molecule has 0 amide bonds. The molecule has 32 heavy (non-hydrogen) atoms. The number of hydrogen-bond acceptors (Lipinski definition) is 6. The summed E-state index contributed by atoms with van der Waals surface area (Å²) in [6, 6.07) is 11.0. The topological polar surface area (TPSA) is 96.2 Å². The van der Waals surface area contributed by atoms with Crippen LogP contribution in [0.3, 0.4) is 0 Å². The van der Waals surface area contributed by atoms with Crippen molar-refractivity contribution in [1.29, 1.82) is 0 Å². The highest BCUT2D eigenvalue weighted by Crippen LogP contribution is 2.32. The minimum atomic E-state index is -5.73. The van der Waals surface area contributed by atoms with Crippen LogP contribution in [-0.2, 0) is 16.3 Å². The molecule has 0 heterocycles. The van der Waals surface area contributed by atoms with Gasteiger partial charge in [0.15, 0.2) is 5.78 Å². The molecule has 168 valence electrons. The first-order valence-corrected chi connectivity index (χ1v) is 8.96. The van der Waals surface area contributed by atoms with Crippen LogP contribution in [0.1, 0.15) is 15.9 Å². The molecule has 0 aromatic heterocycles. The Morgan fingerprint density at radius 3 is 2.03 bits per heavy atom. The maximum absolute atomic E-state index is 12.7. The molecule has 0 atom stereocenters. The number of nitrogens with zero attached hydrogens (tertiary/aromatic N) is 2. The Hall–Kier alpha value is -3.61. The first kappa shape index (κ1) is 24.7. The highest BCUT2D eigenvalue weighted by atomic mass is 32.1. The fourth-order valence-electron chi connectivity index (χ4n) is 2.31. The van der Waals surface area contributed by atoms with Crippen molar-refractivity contribution in [2.24, 2.45) is 9.36 Å². The van der Waals surface area contributed by atoms with Crippen molar-refractivity contribution in [3.05, 3.63) is 71.0 Å². The van der Waals surface area contributed by atoms with Gasteiger partial charge in [0.1, 0.15) is 5.69 Å². The quantitative estimate of drug-likeness (QED) is 0.205. The van der Waals surface area contributed by atoms with Crippen LogP contribution in [-0.4, -0.2) is 39.4 Å². The van der Waals surface area contributed by atoms with Gasteiger partial charge in [-0.25, -0.2) is 0 Å². The zero-order valence-electron chi connectivity index (χ0n) is 15.4. The van der Waals surface area contributed by atoms with E-state index in [4.69, 9.17) is 5.11 Å². The van der Waals surface area contributed by atoms with E-state index < -0.39 is 40.9 Å². The first-order chi connectivity index (χ1) is 14.9. The molecule has 0 spiro atoms. The van der Waals surface area contributed by atoms with Gasteiger partial charge in [0.05, 0.1) is 11.3 Å². The van der Waals surface area contributed by atoms with Crippen LogP contribution in [0, 0.1) is 0 Å². The predicted octanol–water partition coefficient (Wildman–Crippen LogP) is 5.15. The SMILES string of the molecule is O=S=Nc1cc(C(=O)c2ccccc2)ccc1N=C/C(C(=O)C(F)(F)F)=C(\O)C(F)(F)F. The molecular weight excluding hydrogens is 466 g/mol. The summed E-state index contributed by atoms with van der Waals surface area (Å²) in [6.45, 7) is 0. The number of benzene rings is 2. The number of hydrogen-bond donors (Lipinski definition) is 1. The second-order valence-corrected chi connectivity index (χ2v) is 6.24. The van der Waals surface area contributed by atoms with Crippen LogP contribution in [0.4, 0.5) is 37.7 Å². The van der Waals surface area contributed by atoms with Crippen molar-refractivity contribution in [3.63, 3.8) is 0 Å². The standard InChI is InChI=1S/C19H10F6N2O4S/c20-18(21,22)16(29)12(17(30)19(23,24)25)9-26-13-7-6-11(8-14(13)27-32-31)15(28)10-4-2-1-3-5-10/h1-9,29H/b16-12+,26-9?. The van der Waals surface area contributed by atoms with Gasteiger partial charge in [0.25, 0.3) is 5.78 Å². The molecule has 0 saturated carbocycles. The second kappa shape index (κ2) is 9.68. The number of carbonyl (C=O) groups excluding carboxylic acids is 2. The van der Waals surface area contributed by atoms with Gasteiger partial charge in [0, 0.05) is 17.3 Å². The number of ketones is 2. The summed E-state index contributed by atoms with van der Waals surface area (Å²) in [4.78, 5) is 27.2. The van der Waals surface area contributed by atoms with Crippen LogP contribution in [0.15, 0.2) is 69.2 Å². The molecule has 13 heteroatoms. The monoisotopic (exact) mass is 476 g/mol. The van der Waals surface area contributed by atoms with E-state index in [2.05, 4.69) is 9.36 Å². The number of halogens is 6. The second-order valence-electron chi connectivity index (χ2n) is 5.91. The van der Waals surface area contributed by atoms with E-state index in [0.29, 0.717) is 0 Å². The summed E-state index contributed by atoms with van der Waals surface area (Å²) in [5.74, 6) is -6.28. The van der Waals surface area contributed by atoms with Gasteiger partial charge in [-0.15, -0.1) is 0 Å². The molecule has 0 aliphatic carbocycles. The van der Waals surface area contributed by atoms with Gasteiger partial charge >= 0.3 is 12.4 Å². The Morgan fingerprint density at radius 2 is 1.50 bits per heavy atom. The lowest BCUT2D eigenvalue weighted by Crippen LogP contribution is -2.29. The molecule has 0 saturated heterocycles. The smallest absolute Gasteiger partial charge is 0.455 e. The van der Waals surface area contributed by atoms with Crippen LogP contribution in [0.2, 0.25) is 0 Å². The summed E-state index contributed by atoms with van der Waals surface area (Å²) >= 11 is -0.358. The molecule has 0 fully saturated rings. The number of carbonyl (C=O) groups is 2. The Bertz CT molecular complexity index is 1150. The third-order valence-electron chi connectivity index (χ3n) is 3.77. The molecule has 2 aromatic carbocycles. The average molecular weight is 476 g/mol. The Labute approximate surface area is 179 Å². The lowest BCUT2D eigenvalue weighted by atomic mass is 10.0. The third kappa shape index (κ3) is 5.97. The fraction of sp³-hybridized carbons (Fsp3) is 0.105. The summed E-state index contributed by atoms with van der Waals surface area (Å²) < 4.78 is 90.2. The number of Topliss-reactive ketones (excluding diaryl/α,β-unsaturated/α-hetero) is 1. The molecule has 0 unspecified atom stereocenters. The minimum Gasteiger partial charge on any atom is -0.504 e. The van der Waals surface area contributed by atoms with E-state index >= 15 is 0 Å². The van der Waals surface area contributed by atoms with Crippen LogP contribution < -0.4 is 0 Å². The van der Waals surface area contributed by atoms with Crippen molar-refractivity contribution < 1.29 is 45.2 Å². The number of aliphatic hydroxyl groups is 1. The van der Waals surface area contributed by atoms with Crippen molar-refractivity contribution in [2.75, 3.05) is 0 Å². The first-order valence-electron chi connectivity index (χ1n) is 8.26. The highest BCUT2D eigenvalue weighted by molar-refractivity contribution is 7.54. The van der Waals surface area contributed by atoms with Crippen LogP contribution in [0.5, 0.6) is 0 Å². The van der Waals surface area contributed by atoms with E-state index in [1.807, 2.05) is 0 Å². The molecule has 6 nitrogen and oxygen atoms in total. The number of aliphatic imine (C=N–C) groups is 1. The molecule has 0 aliphatic heterocycles. The molecule has 2 rings (SSSR count). The Morgan fingerprint density at radius 1 is 0.875 bits per heavy atom. The molecule has 0 radical (unpaired) electrons. The van der Waals surface area contributed by atoms with Crippen LogP contribution >= 0.6 is 0 Å². The van der Waals surface area contributed by atoms with Crippen molar-refractivity contribution in [1.82, 2.24) is 0 Å². The van der Waals surface area contributed by atoms with Gasteiger partial charge in [-0.2, -0.15) is 34.9 Å². The van der Waals surface area contributed by atoms with Crippen molar-refractivity contribution in [3.8, 4) is 0 Å². The van der Waals surface area contributed by atoms with E-state index in [9.17, 15) is 40.1 Å². The summed E-state index contributed by atoms with van der Waals surface area (Å²) in [7, 11) is 0. The van der Waals surface area contributed by atoms with Gasteiger partial charge in [0.2, 0.25) is 17.2 Å².